The molecule has 4 unspecified atom stereocenters. The van der Waals surface area contributed by atoms with E-state index in [1.807, 2.05) is 7.11 Å². The van der Waals surface area contributed by atoms with Crippen LogP contribution in [0.3, 0.4) is 0 Å². The quantitative estimate of drug-likeness (QED) is 0.607. The first-order chi connectivity index (χ1) is 9.94. The van der Waals surface area contributed by atoms with E-state index in [0.29, 0.717) is 11.5 Å². The van der Waals surface area contributed by atoms with Gasteiger partial charge in [-0.25, -0.2) is 0 Å². The average Bonchev–Trinajstić information content (AvgIpc) is 3.10. The molecule has 1 saturated carbocycles. The fourth-order valence-corrected chi connectivity index (χ4v) is 12.6. The lowest BCUT2D eigenvalue weighted by Crippen LogP contribution is -2.57. The molecule has 2 nitrogen and oxygen atoms in total. The summed E-state index contributed by atoms with van der Waals surface area (Å²) in [5, 5.41) is 1.36. The zero-order valence-electron chi connectivity index (χ0n) is 13.5. The van der Waals surface area contributed by atoms with Gasteiger partial charge in [0.25, 0.3) is 0 Å². The second-order valence-electron chi connectivity index (χ2n) is 7.09. The predicted octanol–water partition coefficient (Wildman–Crippen LogP) is 3.80. The van der Waals surface area contributed by atoms with Crippen molar-refractivity contribution in [2.45, 2.75) is 38.0 Å². The van der Waals surface area contributed by atoms with Gasteiger partial charge in [-0.15, -0.1) is 0 Å². The molecule has 21 heavy (non-hydrogen) atoms. The van der Waals surface area contributed by atoms with Gasteiger partial charge in [-0.05, 0) is 49.5 Å². The molecule has 0 heterocycles. The van der Waals surface area contributed by atoms with E-state index in [-0.39, 0.29) is 0 Å². The molecule has 4 heteroatoms. The summed E-state index contributed by atoms with van der Waals surface area (Å²) >= 11 is 0. The molecule has 0 aliphatic heterocycles. The topological polar surface area (TPSA) is 18.5 Å². The van der Waals surface area contributed by atoms with Crippen molar-refractivity contribution in [1.29, 1.82) is 0 Å². The van der Waals surface area contributed by atoms with Gasteiger partial charge >= 0.3 is 8.56 Å². The van der Waals surface area contributed by atoms with Gasteiger partial charge in [0.15, 0.2) is 0 Å². The third kappa shape index (κ3) is 2.82. The van der Waals surface area contributed by atoms with Crippen LogP contribution in [-0.4, -0.2) is 24.0 Å². The fourth-order valence-electron chi connectivity index (χ4n) is 4.06. The van der Waals surface area contributed by atoms with Gasteiger partial charge in [-0.2, -0.15) is 0 Å². The highest BCUT2D eigenvalue weighted by molar-refractivity contribution is 6.91. The average molecular weight is 319 g/mol. The van der Waals surface area contributed by atoms with Crippen LogP contribution >= 0.6 is 0 Å². The molecule has 1 fully saturated rings. The number of hydrogen-bond donors (Lipinski definition) is 0. The molecule has 2 bridgehead atoms. The molecule has 114 valence electrons. The van der Waals surface area contributed by atoms with Crippen LogP contribution < -0.4 is 5.19 Å². The minimum absolute atomic E-state index is 0.619. The summed E-state index contributed by atoms with van der Waals surface area (Å²) < 4.78 is 12.9. The molecule has 0 aromatic heterocycles. The lowest BCUT2D eigenvalue weighted by molar-refractivity contribution is 0.280. The monoisotopic (exact) mass is 318 g/mol. The maximum atomic E-state index is 6.82. The van der Waals surface area contributed by atoms with Crippen molar-refractivity contribution in [3.63, 3.8) is 0 Å². The highest BCUT2D eigenvalue weighted by Crippen LogP contribution is 2.52. The van der Waals surface area contributed by atoms with Crippen LogP contribution in [0.5, 0.6) is 0 Å². The van der Waals surface area contributed by atoms with Crippen LogP contribution in [0.2, 0.25) is 25.2 Å². The van der Waals surface area contributed by atoms with E-state index in [4.69, 9.17) is 8.54 Å². The van der Waals surface area contributed by atoms with Gasteiger partial charge in [-0.3, -0.25) is 0 Å². The third-order valence-corrected chi connectivity index (χ3v) is 13.5. The lowest BCUT2D eigenvalue weighted by Gasteiger charge is -2.40. The summed E-state index contributed by atoms with van der Waals surface area (Å²) in [6.45, 7) is 6.88. The van der Waals surface area contributed by atoms with Crippen LogP contribution in [0, 0.1) is 11.8 Å². The predicted molar refractivity (Wildman–Crippen MR) is 92.4 cm³/mol. The second-order valence-corrected chi connectivity index (χ2v) is 14.7. The van der Waals surface area contributed by atoms with Crippen molar-refractivity contribution in [1.82, 2.24) is 0 Å². The minimum atomic E-state index is -2.15. The highest BCUT2D eigenvalue weighted by Gasteiger charge is 2.52. The van der Waals surface area contributed by atoms with Gasteiger partial charge < -0.3 is 8.54 Å². The Hall–Kier alpha value is -0.686. The van der Waals surface area contributed by atoms with E-state index in [1.54, 1.807) is 0 Å². The summed E-state index contributed by atoms with van der Waals surface area (Å²) in [5.41, 5.74) is 0.619. The molecule has 0 spiro atoms. The van der Waals surface area contributed by atoms with Crippen LogP contribution in [0.15, 0.2) is 42.5 Å². The smallest absolute Gasteiger partial charge is 0.328 e. The Labute approximate surface area is 130 Å². The largest absolute Gasteiger partial charge is 0.432 e. The summed E-state index contributed by atoms with van der Waals surface area (Å²) in [6.07, 6.45) is 7.37. The standard InChI is InChI=1S/C17H26O2Si2/c1-18-21(4,17-13-14-10-11-15(17)12-14)19-20(2,3)16-8-6-5-7-9-16/h5-11,14-15,17H,12-13H2,1-4H3. The molecule has 0 amide bonds. The SMILES string of the molecule is CO[Si](C)(O[Si](C)(C)c1ccccc1)C1CC2C=CC1C2. The van der Waals surface area contributed by atoms with E-state index in [2.05, 4.69) is 62.1 Å². The molecule has 1 aromatic rings. The zero-order chi connectivity index (χ0) is 15.1. The molecule has 0 N–H and O–H groups in total. The van der Waals surface area contributed by atoms with Crippen molar-refractivity contribution >= 4 is 22.1 Å². The molecule has 1 aromatic carbocycles. The van der Waals surface area contributed by atoms with Crippen molar-refractivity contribution in [3.05, 3.63) is 42.5 Å². The van der Waals surface area contributed by atoms with E-state index >= 15 is 0 Å². The molecule has 0 radical (unpaired) electrons. The Balaban J connectivity index is 1.82. The summed E-state index contributed by atoms with van der Waals surface area (Å²) in [5.74, 6) is 1.46. The summed E-state index contributed by atoms with van der Waals surface area (Å²) in [7, 11) is -2.21. The number of hydrogen-bond acceptors (Lipinski definition) is 2. The lowest BCUT2D eigenvalue weighted by atomic mass is 10.1. The molecular weight excluding hydrogens is 292 g/mol. The normalized spacial score (nSPS) is 30.6. The summed E-state index contributed by atoms with van der Waals surface area (Å²) in [6, 6.07) is 10.7. The molecule has 0 saturated heterocycles. The summed E-state index contributed by atoms with van der Waals surface area (Å²) in [4.78, 5) is 0. The van der Waals surface area contributed by atoms with E-state index < -0.39 is 16.9 Å². The van der Waals surface area contributed by atoms with Gasteiger partial charge in [0.1, 0.15) is 0 Å². The Morgan fingerprint density at radius 3 is 2.24 bits per heavy atom. The van der Waals surface area contributed by atoms with Gasteiger partial charge in [-0.1, -0.05) is 42.5 Å². The van der Waals surface area contributed by atoms with Gasteiger partial charge in [0, 0.05) is 12.7 Å². The Kier molecular flexibility index (Phi) is 3.99. The van der Waals surface area contributed by atoms with Crippen molar-refractivity contribution in [2.24, 2.45) is 11.8 Å². The van der Waals surface area contributed by atoms with E-state index in [0.717, 1.165) is 5.92 Å². The third-order valence-electron chi connectivity index (χ3n) is 5.28. The van der Waals surface area contributed by atoms with Crippen LogP contribution in [0.1, 0.15) is 12.8 Å². The molecule has 3 rings (SSSR count). The number of allylic oxidation sites excluding steroid dienone is 2. The molecule has 4 atom stereocenters. The number of benzene rings is 1. The highest BCUT2D eigenvalue weighted by atomic mass is 28.4. The van der Waals surface area contributed by atoms with E-state index in [1.165, 1.54) is 18.0 Å². The number of fused-ring (bicyclic) bond motifs is 2. The van der Waals surface area contributed by atoms with Gasteiger partial charge in [0.05, 0.1) is 0 Å². The first-order valence-electron chi connectivity index (χ1n) is 7.94. The first kappa shape index (κ1) is 15.2. The maximum Gasteiger partial charge on any atom is 0.328 e. The molecule has 2 aliphatic carbocycles. The zero-order valence-corrected chi connectivity index (χ0v) is 15.5. The van der Waals surface area contributed by atoms with Crippen LogP contribution in [0.4, 0.5) is 0 Å². The van der Waals surface area contributed by atoms with Crippen molar-refractivity contribution in [2.75, 3.05) is 7.11 Å². The van der Waals surface area contributed by atoms with Crippen molar-refractivity contribution in [3.8, 4) is 0 Å². The van der Waals surface area contributed by atoms with Crippen molar-refractivity contribution < 1.29 is 8.54 Å². The molecule has 2 aliphatic rings. The Morgan fingerprint density at radius 2 is 1.71 bits per heavy atom. The first-order valence-corrected chi connectivity index (χ1v) is 13.2. The Bertz CT molecular complexity index is 529. The maximum absolute atomic E-state index is 6.82. The van der Waals surface area contributed by atoms with Gasteiger partial charge in [0.2, 0.25) is 8.32 Å². The minimum Gasteiger partial charge on any atom is -0.432 e. The second kappa shape index (κ2) is 5.50. The number of rotatable bonds is 5. The van der Waals surface area contributed by atoms with E-state index in [9.17, 15) is 0 Å². The molecular formula is C17H26O2Si2. The van der Waals surface area contributed by atoms with Crippen LogP contribution in [-0.2, 0) is 8.54 Å². The fraction of sp³-hybridized carbons (Fsp3) is 0.529. The van der Waals surface area contributed by atoms with Crippen LogP contribution in [0.25, 0.3) is 0 Å². The Morgan fingerprint density at radius 1 is 1.00 bits per heavy atom.